The summed E-state index contributed by atoms with van der Waals surface area (Å²) >= 11 is 0. The van der Waals surface area contributed by atoms with Crippen molar-refractivity contribution in [2.45, 2.75) is 53.6 Å². The van der Waals surface area contributed by atoms with Crippen molar-refractivity contribution in [3.63, 3.8) is 0 Å². The average molecular weight is 343 g/mol. The molecular weight excluding hydrogens is 314 g/mol. The van der Waals surface area contributed by atoms with Gasteiger partial charge in [0.05, 0.1) is 12.2 Å². The molecule has 5 nitrogen and oxygen atoms in total. The third-order valence-corrected chi connectivity index (χ3v) is 4.39. The number of carbonyl (C=O) groups is 1. The van der Waals surface area contributed by atoms with Crippen LogP contribution < -0.4 is 5.32 Å². The molecule has 0 aliphatic rings. The van der Waals surface area contributed by atoms with Crippen molar-refractivity contribution in [3.8, 4) is 0 Å². The molecule has 0 fully saturated rings. The van der Waals surface area contributed by atoms with Crippen LogP contribution in [0.15, 0.2) is 30.3 Å². The predicted molar refractivity (Wildman–Crippen MR) is 99.7 cm³/mol. The van der Waals surface area contributed by atoms with Crippen LogP contribution in [-0.2, 0) is 6.54 Å². The van der Waals surface area contributed by atoms with Gasteiger partial charge in [0.25, 0.3) is 5.91 Å². The molecule has 2 aromatic rings. The van der Waals surface area contributed by atoms with E-state index < -0.39 is 0 Å². The van der Waals surface area contributed by atoms with Gasteiger partial charge in [-0.1, -0.05) is 32.9 Å². The molecule has 2 rings (SSSR count). The van der Waals surface area contributed by atoms with E-state index >= 15 is 0 Å². The highest BCUT2D eigenvalue weighted by molar-refractivity contribution is 5.94. The third-order valence-electron chi connectivity index (χ3n) is 4.39. The Hall–Kier alpha value is -2.14. The number of aromatic nitrogens is 2. The maximum Gasteiger partial charge on any atom is 0.251 e. The second-order valence-corrected chi connectivity index (χ2v) is 7.69. The number of carbonyl (C=O) groups excluding carboxylic acids is 1. The molecule has 1 aromatic carbocycles. The van der Waals surface area contributed by atoms with Gasteiger partial charge in [-0.15, -0.1) is 0 Å². The van der Waals surface area contributed by atoms with E-state index in [9.17, 15) is 9.90 Å². The molecule has 0 radical (unpaired) electrons. The Bertz CT molecular complexity index is 729. The summed E-state index contributed by atoms with van der Waals surface area (Å²) in [7, 11) is 0. The second kappa shape index (κ2) is 7.83. The van der Waals surface area contributed by atoms with Gasteiger partial charge in [-0.05, 0) is 49.4 Å². The van der Waals surface area contributed by atoms with Crippen molar-refractivity contribution in [2.24, 2.45) is 5.41 Å². The van der Waals surface area contributed by atoms with Crippen LogP contribution in [0.5, 0.6) is 0 Å². The summed E-state index contributed by atoms with van der Waals surface area (Å²) in [5, 5.41) is 16.8. The molecular formula is C20H29N3O2. The molecule has 2 N–H and O–H groups in total. The molecule has 1 atom stereocenters. The fourth-order valence-electron chi connectivity index (χ4n) is 2.91. The van der Waals surface area contributed by atoms with E-state index in [0.29, 0.717) is 18.5 Å². The number of hydrogen-bond acceptors (Lipinski definition) is 3. The van der Waals surface area contributed by atoms with Gasteiger partial charge >= 0.3 is 0 Å². The van der Waals surface area contributed by atoms with Gasteiger partial charge in [0.1, 0.15) is 0 Å². The number of benzene rings is 1. The summed E-state index contributed by atoms with van der Waals surface area (Å²) < 4.78 is 1.94. The van der Waals surface area contributed by atoms with Gasteiger partial charge in [0.2, 0.25) is 0 Å². The van der Waals surface area contributed by atoms with E-state index in [0.717, 1.165) is 17.0 Å². The Morgan fingerprint density at radius 3 is 2.56 bits per heavy atom. The van der Waals surface area contributed by atoms with Crippen LogP contribution in [0.3, 0.4) is 0 Å². The fourth-order valence-corrected chi connectivity index (χ4v) is 2.91. The zero-order valence-electron chi connectivity index (χ0n) is 15.8. The van der Waals surface area contributed by atoms with Crippen molar-refractivity contribution in [3.05, 3.63) is 52.8 Å². The summed E-state index contributed by atoms with van der Waals surface area (Å²) in [6.45, 7) is 10.9. The van der Waals surface area contributed by atoms with Gasteiger partial charge < -0.3 is 10.4 Å². The highest BCUT2D eigenvalue weighted by Crippen LogP contribution is 2.22. The highest BCUT2D eigenvalue weighted by atomic mass is 16.3. The second-order valence-electron chi connectivity index (χ2n) is 7.69. The maximum absolute atomic E-state index is 12.6. The SMILES string of the molecule is Cc1cc(C)n(Cc2cccc(C(=O)NC(CCO)C(C)(C)C)c2)n1. The Labute approximate surface area is 150 Å². The van der Waals surface area contributed by atoms with Crippen LogP contribution >= 0.6 is 0 Å². The summed E-state index contributed by atoms with van der Waals surface area (Å²) in [6, 6.07) is 9.59. The van der Waals surface area contributed by atoms with E-state index in [1.807, 2.05) is 48.9 Å². The smallest absolute Gasteiger partial charge is 0.251 e. The molecule has 25 heavy (non-hydrogen) atoms. The number of aliphatic hydroxyl groups excluding tert-OH is 1. The Balaban J connectivity index is 2.14. The Morgan fingerprint density at radius 1 is 1.28 bits per heavy atom. The summed E-state index contributed by atoms with van der Waals surface area (Å²) in [5.74, 6) is -0.108. The number of nitrogens with one attached hydrogen (secondary N) is 1. The van der Waals surface area contributed by atoms with Crippen molar-refractivity contribution >= 4 is 5.91 Å². The highest BCUT2D eigenvalue weighted by Gasteiger charge is 2.26. The molecule has 1 aromatic heterocycles. The Morgan fingerprint density at radius 2 is 2.00 bits per heavy atom. The quantitative estimate of drug-likeness (QED) is 0.847. The zero-order chi connectivity index (χ0) is 18.6. The van der Waals surface area contributed by atoms with E-state index in [2.05, 4.69) is 31.2 Å². The van der Waals surface area contributed by atoms with Gasteiger partial charge in [-0.25, -0.2) is 0 Å². The molecule has 0 spiro atoms. The van der Waals surface area contributed by atoms with Gasteiger partial charge in [0, 0.05) is 23.9 Å². The number of amides is 1. The van der Waals surface area contributed by atoms with Crippen molar-refractivity contribution in [2.75, 3.05) is 6.61 Å². The van der Waals surface area contributed by atoms with E-state index in [-0.39, 0.29) is 24.0 Å². The normalized spacial score (nSPS) is 12.9. The van der Waals surface area contributed by atoms with Crippen LogP contribution in [0.1, 0.15) is 54.5 Å². The number of aryl methyl sites for hydroxylation is 2. The standard InChI is InChI=1S/C20H29N3O2/c1-14-11-15(2)23(22-14)13-16-7-6-8-17(12-16)19(25)21-18(9-10-24)20(3,4)5/h6-8,11-12,18,24H,9-10,13H2,1-5H3,(H,21,25). The lowest BCUT2D eigenvalue weighted by Crippen LogP contribution is -2.44. The lowest BCUT2D eigenvalue weighted by Gasteiger charge is -2.31. The van der Waals surface area contributed by atoms with Crippen molar-refractivity contribution in [1.82, 2.24) is 15.1 Å². The van der Waals surface area contributed by atoms with Crippen LogP contribution in [0.25, 0.3) is 0 Å². The Kier molecular flexibility index (Phi) is 6.01. The number of nitrogens with zero attached hydrogens (tertiary/aromatic N) is 2. The van der Waals surface area contributed by atoms with Crippen molar-refractivity contribution < 1.29 is 9.90 Å². The molecule has 136 valence electrons. The molecule has 0 saturated heterocycles. The van der Waals surface area contributed by atoms with Crippen LogP contribution in [0.4, 0.5) is 0 Å². The first-order valence-electron chi connectivity index (χ1n) is 8.72. The fraction of sp³-hybridized carbons (Fsp3) is 0.500. The maximum atomic E-state index is 12.6. The lowest BCUT2D eigenvalue weighted by atomic mass is 9.84. The van der Waals surface area contributed by atoms with E-state index in [1.165, 1.54) is 0 Å². The minimum atomic E-state index is -0.111. The lowest BCUT2D eigenvalue weighted by molar-refractivity contribution is 0.0885. The summed E-state index contributed by atoms with van der Waals surface area (Å²) in [5.41, 5.74) is 3.64. The molecule has 1 heterocycles. The monoisotopic (exact) mass is 343 g/mol. The summed E-state index contributed by atoms with van der Waals surface area (Å²) in [4.78, 5) is 12.6. The predicted octanol–water partition coefficient (Wildman–Crippen LogP) is 3.08. The number of rotatable bonds is 6. The first-order chi connectivity index (χ1) is 11.7. The molecule has 1 unspecified atom stereocenters. The molecule has 5 heteroatoms. The molecule has 1 amide bonds. The minimum Gasteiger partial charge on any atom is -0.396 e. The summed E-state index contributed by atoms with van der Waals surface area (Å²) in [6.07, 6.45) is 0.542. The molecule has 0 saturated carbocycles. The van der Waals surface area contributed by atoms with Crippen LogP contribution in [-0.4, -0.2) is 33.4 Å². The average Bonchev–Trinajstić information content (AvgIpc) is 2.83. The number of aliphatic hydroxyl groups is 1. The van der Waals surface area contributed by atoms with Gasteiger partial charge in [0.15, 0.2) is 0 Å². The molecule has 0 bridgehead atoms. The van der Waals surface area contributed by atoms with Gasteiger partial charge in [-0.2, -0.15) is 5.10 Å². The third kappa shape index (κ3) is 5.16. The first-order valence-corrected chi connectivity index (χ1v) is 8.72. The van der Waals surface area contributed by atoms with Gasteiger partial charge in [-0.3, -0.25) is 9.48 Å². The topological polar surface area (TPSA) is 67.2 Å². The number of hydrogen-bond donors (Lipinski definition) is 2. The largest absolute Gasteiger partial charge is 0.396 e. The van der Waals surface area contributed by atoms with Crippen molar-refractivity contribution in [1.29, 1.82) is 0 Å². The minimum absolute atomic E-state index is 0.0557. The van der Waals surface area contributed by atoms with E-state index in [4.69, 9.17) is 0 Å². The van der Waals surface area contributed by atoms with Crippen LogP contribution in [0.2, 0.25) is 0 Å². The van der Waals surface area contributed by atoms with Crippen LogP contribution in [0, 0.1) is 19.3 Å². The molecule has 0 aliphatic carbocycles. The molecule has 0 aliphatic heterocycles. The van der Waals surface area contributed by atoms with E-state index in [1.54, 1.807) is 0 Å². The first kappa shape index (κ1) is 19.2. The zero-order valence-corrected chi connectivity index (χ0v) is 15.8.